The van der Waals surface area contributed by atoms with Gasteiger partial charge in [-0.15, -0.1) is 0 Å². The Morgan fingerprint density at radius 1 is 1.33 bits per heavy atom. The Balaban J connectivity index is 1.77. The fourth-order valence-corrected chi connectivity index (χ4v) is 3.92. The van der Waals surface area contributed by atoms with Crippen LogP contribution in [0.25, 0.3) is 0 Å². The number of H-pyrrole nitrogens is 1. The maximum Gasteiger partial charge on any atom is 0.318 e. The van der Waals surface area contributed by atoms with Gasteiger partial charge in [-0.3, -0.25) is 5.10 Å². The molecule has 0 radical (unpaired) electrons. The highest BCUT2D eigenvalue weighted by molar-refractivity contribution is 5.75. The highest BCUT2D eigenvalue weighted by atomic mass is 16.5. The van der Waals surface area contributed by atoms with Gasteiger partial charge in [-0.25, -0.2) is 4.79 Å². The predicted octanol–water partition coefficient (Wildman–Crippen LogP) is 3.08. The number of likely N-dealkylation sites (tertiary alicyclic amines) is 1. The lowest BCUT2D eigenvalue weighted by molar-refractivity contribution is 0.139. The molecule has 1 aromatic rings. The number of aryl methyl sites for hydroxylation is 2. The molecule has 3 rings (SSSR count). The highest BCUT2D eigenvalue weighted by Crippen LogP contribution is 2.35. The molecule has 2 heterocycles. The Kier molecular flexibility index (Phi) is 5.43. The van der Waals surface area contributed by atoms with Crippen LogP contribution in [0, 0.1) is 19.8 Å². The predicted molar refractivity (Wildman–Crippen MR) is 92.9 cm³/mol. The zero-order valence-electron chi connectivity index (χ0n) is 15.1. The number of amides is 2. The van der Waals surface area contributed by atoms with Crippen LogP contribution in [-0.4, -0.2) is 47.4 Å². The fraction of sp³-hybridized carbons (Fsp3) is 0.778. The van der Waals surface area contributed by atoms with E-state index in [1.807, 2.05) is 18.7 Å². The van der Waals surface area contributed by atoms with Crippen molar-refractivity contribution < 1.29 is 9.53 Å². The second kappa shape index (κ2) is 7.55. The quantitative estimate of drug-likeness (QED) is 0.869. The lowest BCUT2D eigenvalue weighted by atomic mass is 9.99. The Hall–Kier alpha value is -1.56. The van der Waals surface area contributed by atoms with E-state index >= 15 is 0 Å². The first kappa shape index (κ1) is 17.3. The number of nitrogens with one attached hydrogen (secondary N) is 2. The summed E-state index contributed by atoms with van der Waals surface area (Å²) in [5.74, 6) is 0.580. The summed E-state index contributed by atoms with van der Waals surface area (Å²) in [7, 11) is 1.70. The van der Waals surface area contributed by atoms with Crippen molar-refractivity contribution in [3.8, 4) is 0 Å². The van der Waals surface area contributed by atoms with Gasteiger partial charge < -0.3 is 15.0 Å². The molecule has 1 aliphatic heterocycles. The molecule has 0 bridgehead atoms. The second-order valence-electron chi connectivity index (χ2n) is 7.25. The van der Waals surface area contributed by atoms with Crippen LogP contribution in [0.15, 0.2) is 0 Å². The largest absolute Gasteiger partial charge is 0.383 e. The molecule has 1 aromatic heterocycles. The Morgan fingerprint density at radius 2 is 2.12 bits per heavy atom. The van der Waals surface area contributed by atoms with E-state index in [1.54, 1.807) is 7.11 Å². The van der Waals surface area contributed by atoms with Gasteiger partial charge in [-0.2, -0.15) is 5.10 Å². The van der Waals surface area contributed by atoms with Crippen molar-refractivity contribution in [3.63, 3.8) is 0 Å². The van der Waals surface area contributed by atoms with E-state index in [0.29, 0.717) is 12.5 Å². The Morgan fingerprint density at radius 3 is 2.75 bits per heavy atom. The summed E-state index contributed by atoms with van der Waals surface area (Å²) in [6, 6.07) is 0.308. The molecule has 6 heteroatoms. The van der Waals surface area contributed by atoms with Gasteiger partial charge in [-0.1, -0.05) is 12.8 Å². The minimum absolute atomic E-state index is 0.0517. The third-order valence-corrected chi connectivity index (χ3v) is 5.38. The number of urea groups is 1. The molecule has 6 nitrogen and oxygen atoms in total. The van der Waals surface area contributed by atoms with Crippen LogP contribution in [0.5, 0.6) is 0 Å². The molecule has 1 saturated heterocycles. The molecule has 2 aliphatic rings. The van der Waals surface area contributed by atoms with Crippen LogP contribution in [0.3, 0.4) is 0 Å². The van der Waals surface area contributed by atoms with E-state index in [2.05, 4.69) is 15.5 Å². The van der Waals surface area contributed by atoms with E-state index < -0.39 is 0 Å². The summed E-state index contributed by atoms with van der Waals surface area (Å²) < 4.78 is 5.31. The van der Waals surface area contributed by atoms with Gasteiger partial charge in [0.1, 0.15) is 0 Å². The number of nitrogens with zero attached hydrogens (tertiary/aromatic N) is 2. The number of rotatable bonds is 5. The average molecular weight is 334 g/mol. The number of aromatic nitrogens is 2. The van der Waals surface area contributed by atoms with E-state index in [0.717, 1.165) is 37.2 Å². The first-order valence-corrected chi connectivity index (χ1v) is 9.19. The standard InChI is InChI=1S/C18H30N4O2/c1-12-17(13(2)21-20-12)16-7-5-4-6-10-22(16)18(23)19-15(11-24-3)14-8-9-14/h14-16H,4-11H2,1-3H3,(H,19,23)(H,20,21)/t15-,16+/m0/s1. The maximum atomic E-state index is 13.0. The van der Waals surface area contributed by atoms with Crippen molar-refractivity contribution >= 4 is 6.03 Å². The first-order valence-electron chi connectivity index (χ1n) is 9.19. The molecule has 2 fully saturated rings. The number of methoxy groups -OCH3 is 1. The molecule has 1 aliphatic carbocycles. The van der Waals surface area contributed by atoms with Gasteiger partial charge >= 0.3 is 6.03 Å². The Labute approximate surface area is 144 Å². The molecule has 24 heavy (non-hydrogen) atoms. The third kappa shape index (κ3) is 3.74. The molecule has 0 aromatic carbocycles. The van der Waals surface area contributed by atoms with Crippen molar-refractivity contribution in [2.75, 3.05) is 20.3 Å². The van der Waals surface area contributed by atoms with E-state index in [-0.39, 0.29) is 18.1 Å². The average Bonchev–Trinajstić information content (AvgIpc) is 3.36. The number of aromatic amines is 1. The minimum atomic E-state index is 0.0517. The van der Waals surface area contributed by atoms with Crippen molar-refractivity contribution in [1.29, 1.82) is 0 Å². The number of carbonyl (C=O) groups is 1. The SMILES string of the molecule is COC[C@H](NC(=O)N1CCCCC[C@@H]1c1c(C)n[nH]c1C)C1CC1. The second-order valence-corrected chi connectivity index (χ2v) is 7.25. The molecule has 134 valence electrons. The van der Waals surface area contributed by atoms with Crippen molar-refractivity contribution in [2.45, 2.75) is 64.5 Å². The molecular formula is C18H30N4O2. The number of hydrogen-bond donors (Lipinski definition) is 2. The van der Waals surface area contributed by atoms with Crippen LogP contribution in [0.1, 0.15) is 61.5 Å². The van der Waals surface area contributed by atoms with Crippen molar-refractivity contribution in [2.24, 2.45) is 5.92 Å². The van der Waals surface area contributed by atoms with E-state index in [1.165, 1.54) is 24.8 Å². The summed E-state index contributed by atoms with van der Waals surface area (Å²) >= 11 is 0. The van der Waals surface area contributed by atoms with Crippen molar-refractivity contribution in [3.05, 3.63) is 17.0 Å². The zero-order valence-corrected chi connectivity index (χ0v) is 15.1. The number of ether oxygens (including phenoxy) is 1. The molecule has 2 N–H and O–H groups in total. The van der Waals surface area contributed by atoms with Crippen LogP contribution < -0.4 is 5.32 Å². The van der Waals surface area contributed by atoms with Crippen LogP contribution >= 0.6 is 0 Å². The van der Waals surface area contributed by atoms with Gasteiger partial charge in [0.25, 0.3) is 0 Å². The molecule has 2 amide bonds. The number of hydrogen-bond acceptors (Lipinski definition) is 3. The molecule has 0 unspecified atom stereocenters. The van der Waals surface area contributed by atoms with Crippen LogP contribution in [0.4, 0.5) is 4.79 Å². The molecule has 1 saturated carbocycles. The molecule has 2 atom stereocenters. The summed E-state index contributed by atoms with van der Waals surface area (Å²) in [5.41, 5.74) is 3.28. The summed E-state index contributed by atoms with van der Waals surface area (Å²) in [4.78, 5) is 15.1. The van der Waals surface area contributed by atoms with Gasteiger partial charge in [0.2, 0.25) is 0 Å². The summed E-state index contributed by atoms with van der Waals surface area (Å²) in [5, 5.41) is 10.7. The van der Waals surface area contributed by atoms with Gasteiger partial charge in [0.05, 0.1) is 24.4 Å². The first-order chi connectivity index (χ1) is 11.6. The molecular weight excluding hydrogens is 304 g/mol. The van der Waals surface area contributed by atoms with Gasteiger partial charge in [0.15, 0.2) is 0 Å². The lowest BCUT2D eigenvalue weighted by Crippen LogP contribution is -2.48. The minimum Gasteiger partial charge on any atom is -0.383 e. The summed E-state index contributed by atoms with van der Waals surface area (Å²) in [6.07, 6.45) is 6.80. The van der Waals surface area contributed by atoms with E-state index in [9.17, 15) is 4.79 Å². The smallest absolute Gasteiger partial charge is 0.318 e. The van der Waals surface area contributed by atoms with Gasteiger partial charge in [-0.05, 0) is 45.4 Å². The third-order valence-electron chi connectivity index (χ3n) is 5.38. The monoisotopic (exact) mass is 334 g/mol. The topological polar surface area (TPSA) is 70.2 Å². The van der Waals surface area contributed by atoms with Crippen LogP contribution in [-0.2, 0) is 4.74 Å². The highest BCUT2D eigenvalue weighted by Gasteiger charge is 2.35. The van der Waals surface area contributed by atoms with Crippen LogP contribution in [0.2, 0.25) is 0 Å². The van der Waals surface area contributed by atoms with E-state index in [4.69, 9.17) is 4.74 Å². The fourth-order valence-electron chi connectivity index (χ4n) is 3.92. The Bertz CT molecular complexity index is 548. The molecule has 0 spiro atoms. The normalized spacial score (nSPS) is 23.0. The lowest BCUT2D eigenvalue weighted by Gasteiger charge is -2.32. The van der Waals surface area contributed by atoms with Gasteiger partial charge in [0, 0.05) is 24.9 Å². The van der Waals surface area contributed by atoms with Crippen molar-refractivity contribution in [1.82, 2.24) is 20.4 Å². The number of carbonyl (C=O) groups excluding carboxylic acids is 1. The zero-order chi connectivity index (χ0) is 17.1. The maximum absolute atomic E-state index is 13.0. The summed E-state index contributed by atoms with van der Waals surface area (Å²) in [6.45, 7) is 5.48.